The second-order valence-corrected chi connectivity index (χ2v) is 7.23. The Bertz CT molecular complexity index is 1230. The Morgan fingerprint density at radius 1 is 1.13 bits per heavy atom. The quantitative estimate of drug-likeness (QED) is 0.380. The van der Waals surface area contributed by atoms with Gasteiger partial charge in [-0.3, -0.25) is 14.8 Å². The molecule has 0 saturated carbocycles. The van der Waals surface area contributed by atoms with Crippen LogP contribution in [0.5, 0.6) is 0 Å². The lowest BCUT2D eigenvalue weighted by Gasteiger charge is -2.09. The van der Waals surface area contributed by atoms with E-state index in [0.29, 0.717) is 23.4 Å². The molecule has 1 atom stereocenters. The fourth-order valence-electron chi connectivity index (χ4n) is 3.60. The maximum absolute atomic E-state index is 11.5. The molecule has 158 valence electrons. The van der Waals surface area contributed by atoms with Crippen molar-refractivity contribution in [2.75, 3.05) is 5.32 Å². The monoisotopic (exact) mass is 417 g/mol. The van der Waals surface area contributed by atoms with Crippen LogP contribution in [0.15, 0.2) is 48.9 Å². The van der Waals surface area contributed by atoms with Gasteiger partial charge in [-0.2, -0.15) is 0 Å². The summed E-state index contributed by atoms with van der Waals surface area (Å²) < 4.78 is 0. The molecule has 4 heterocycles. The molecule has 0 aliphatic rings. The topological polar surface area (TPSA) is 124 Å². The van der Waals surface area contributed by atoms with Crippen LogP contribution in [-0.4, -0.2) is 36.1 Å². The molecular formula is C23H23N5O3. The molecule has 0 radical (unpaired) electrons. The number of amides is 1. The minimum Gasteiger partial charge on any atom is -0.390 e. The largest absolute Gasteiger partial charge is 0.390 e. The van der Waals surface area contributed by atoms with Gasteiger partial charge in [0.25, 0.3) is 0 Å². The third-order valence-corrected chi connectivity index (χ3v) is 5.09. The zero-order valence-corrected chi connectivity index (χ0v) is 17.3. The summed E-state index contributed by atoms with van der Waals surface area (Å²) in [6.45, 7) is 3.21. The predicted octanol–water partition coefficient (Wildman–Crippen LogP) is 3.58. The van der Waals surface area contributed by atoms with Crippen LogP contribution in [0.3, 0.4) is 0 Å². The molecule has 4 aromatic rings. The molecule has 0 spiro atoms. The molecule has 4 aromatic heterocycles. The average molecular weight is 417 g/mol. The van der Waals surface area contributed by atoms with Gasteiger partial charge in [0.05, 0.1) is 35.1 Å². The van der Waals surface area contributed by atoms with Crippen LogP contribution in [0.25, 0.3) is 33.4 Å². The van der Waals surface area contributed by atoms with E-state index in [2.05, 4.69) is 25.3 Å². The molecule has 0 aliphatic heterocycles. The van der Waals surface area contributed by atoms with E-state index in [0.717, 1.165) is 33.5 Å². The standard InChI is InChI=1S/C23H23N5O3/c1-3-18(31)17-7-9-25-23-20(15-4-5-16(12-29)26-11-15)21(28-22(17)23)14-6-8-24-19(10-14)27-13(2)30/h4-11,18,28-29,31H,3,12H2,1-2H3,(H,24,27,30). The number of nitrogens with one attached hydrogen (secondary N) is 2. The van der Waals surface area contributed by atoms with Crippen molar-refractivity contribution in [1.82, 2.24) is 19.9 Å². The Hall–Kier alpha value is -3.62. The second-order valence-electron chi connectivity index (χ2n) is 7.23. The highest BCUT2D eigenvalue weighted by Gasteiger charge is 2.21. The fraction of sp³-hybridized carbons (Fsp3) is 0.217. The van der Waals surface area contributed by atoms with Gasteiger partial charge in [0, 0.05) is 47.8 Å². The Morgan fingerprint density at radius 2 is 1.94 bits per heavy atom. The number of aliphatic hydroxyl groups is 2. The highest BCUT2D eigenvalue weighted by atomic mass is 16.3. The summed E-state index contributed by atoms with van der Waals surface area (Å²) in [4.78, 5) is 28.0. The van der Waals surface area contributed by atoms with Gasteiger partial charge in [-0.05, 0) is 30.7 Å². The molecule has 1 unspecified atom stereocenters. The van der Waals surface area contributed by atoms with E-state index in [-0.39, 0.29) is 12.5 Å². The second kappa shape index (κ2) is 8.63. The van der Waals surface area contributed by atoms with Gasteiger partial charge in [-0.15, -0.1) is 0 Å². The van der Waals surface area contributed by atoms with Crippen molar-refractivity contribution < 1.29 is 15.0 Å². The lowest BCUT2D eigenvalue weighted by Crippen LogP contribution is -2.07. The van der Waals surface area contributed by atoms with Crippen LogP contribution in [0.4, 0.5) is 5.82 Å². The van der Waals surface area contributed by atoms with Crippen LogP contribution >= 0.6 is 0 Å². The number of carbonyl (C=O) groups excluding carboxylic acids is 1. The van der Waals surface area contributed by atoms with Crippen molar-refractivity contribution in [3.63, 3.8) is 0 Å². The van der Waals surface area contributed by atoms with Gasteiger partial charge in [-0.1, -0.05) is 13.0 Å². The number of rotatable bonds is 6. The molecule has 8 heteroatoms. The minimum absolute atomic E-state index is 0.142. The van der Waals surface area contributed by atoms with Crippen LogP contribution in [0.2, 0.25) is 0 Å². The van der Waals surface area contributed by atoms with Crippen LogP contribution in [0.1, 0.15) is 37.6 Å². The number of hydrogen-bond acceptors (Lipinski definition) is 6. The number of nitrogens with zero attached hydrogens (tertiary/aromatic N) is 3. The summed E-state index contributed by atoms with van der Waals surface area (Å²) in [6, 6.07) is 9.07. The third-order valence-electron chi connectivity index (χ3n) is 5.09. The molecule has 31 heavy (non-hydrogen) atoms. The van der Waals surface area contributed by atoms with E-state index in [4.69, 9.17) is 0 Å². The summed E-state index contributed by atoms with van der Waals surface area (Å²) in [5.74, 6) is 0.227. The molecular weight excluding hydrogens is 394 g/mol. The first kappa shape index (κ1) is 20.6. The number of aromatic nitrogens is 4. The number of pyridine rings is 3. The van der Waals surface area contributed by atoms with E-state index >= 15 is 0 Å². The van der Waals surface area contributed by atoms with Gasteiger partial charge in [0.2, 0.25) is 5.91 Å². The van der Waals surface area contributed by atoms with Crippen molar-refractivity contribution in [3.05, 3.63) is 60.2 Å². The SMILES string of the molecule is CCC(O)c1ccnc2c(-c3ccc(CO)nc3)c(-c3ccnc(NC(C)=O)c3)[nH]c12. The van der Waals surface area contributed by atoms with Crippen LogP contribution < -0.4 is 5.32 Å². The minimum atomic E-state index is -0.632. The van der Waals surface area contributed by atoms with E-state index in [9.17, 15) is 15.0 Å². The zero-order valence-electron chi connectivity index (χ0n) is 17.3. The molecule has 4 rings (SSSR count). The van der Waals surface area contributed by atoms with Gasteiger partial charge < -0.3 is 20.5 Å². The van der Waals surface area contributed by atoms with E-state index in [1.165, 1.54) is 6.92 Å². The van der Waals surface area contributed by atoms with Crippen molar-refractivity contribution in [3.8, 4) is 22.4 Å². The van der Waals surface area contributed by atoms with Crippen LogP contribution in [-0.2, 0) is 11.4 Å². The van der Waals surface area contributed by atoms with Gasteiger partial charge in [-0.25, -0.2) is 4.98 Å². The zero-order chi connectivity index (χ0) is 22.0. The van der Waals surface area contributed by atoms with Crippen LogP contribution in [0, 0.1) is 0 Å². The smallest absolute Gasteiger partial charge is 0.222 e. The normalized spacial score (nSPS) is 12.1. The number of H-pyrrole nitrogens is 1. The van der Waals surface area contributed by atoms with E-state index in [1.54, 1.807) is 30.7 Å². The molecule has 0 aliphatic carbocycles. The predicted molar refractivity (Wildman–Crippen MR) is 118 cm³/mol. The number of carbonyl (C=O) groups is 1. The summed E-state index contributed by atoms with van der Waals surface area (Å²) >= 11 is 0. The van der Waals surface area contributed by atoms with E-state index < -0.39 is 6.10 Å². The summed E-state index contributed by atoms with van der Waals surface area (Å²) in [6.07, 6.45) is 4.93. The van der Waals surface area contributed by atoms with Gasteiger partial charge in [0.15, 0.2) is 0 Å². The molecule has 0 fully saturated rings. The number of hydrogen-bond donors (Lipinski definition) is 4. The third kappa shape index (κ3) is 4.03. The van der Waals surface area contributed by atoms with Gasteiger partial charge in [0.1, 0.15) is 5.82 Å². The first-order valence-corrected chi connectivity index (χ1v) is 10.0. The highest BCUT2D eigenvalue weighted by Crippen LogP contribution is 2.39. The number of aromatic amines is 1. The number of aliphatic hydroxyl groups excluding tert-OH is 2. The molecule has 1 amide bonds. The van der Waals surface area contributed by atoms with Gasteiger partial charge >= 0.3 is 0 Å². The molecule has 0 saturated heterocycles. The Labute approximate surface area is 179 Å². The Morgan fingerprint density at radius 3 is 2.61 bits per heavy atom. The van der Waals surface area contributed by atoms with E-state index in [1.807, 2.05) is 25.1 Å². The van der Waals surface area contributed by atoms with Crippen molar-refractivity contribution in [2.24, 2.45) is 0 Å². The Kier molecular flexibility index (Phi) is 5.75. The first-order chi connectivity index (χ1) is 15.0. The van der Waals surface area contributed by atoms with Crippen molar-refractivity contribution in [1.29, 1.82) is 0 Å². The molecule has 0 aromatic carbocycles. The van der Waals surface area contributed by atoms with Crippen molar-refractivity contribution >= 4 is 22.8 Å². The number of fused-ring (bicyclic) bond motifs is 1. The summed E-state index contributed by atoms with van der Waals surface area (Å²) in [5.41, 5.74) is 5.97. The fourth-order valence-corrected chi connectivity index (χ4v) is 3.60. The lowest BCUT2D eigenvalue weighted by molar-refractivity contribution is -0.114. The maximum Gasteiger partial charge on any atom is 0.222 e. The lowest BCUT2D eigenvalue weighted by atomic mass is 10.0. The average Bonchev–Trinajstić information content (AvgIpc) is 3.18. The summed E-state index contributed by atoms with van der Waals surface area (Å²) in [5, 5.41) is 22.6. The molecule has 8 nitrogen and oxygen atoms in total. The maximum atomic E-state index is 11.5. The molecule has 0 bridgehead atoms. The molecule has 4 N–H and O–H groups in total. The number of anilines is 1. The van der Waals surface area contributed by atoms with Crippen molar-refractivity contribution in [2.45, 2.75) is 33.0 Å². The summed E-state index contributed by atoms with van der Waals surface area (Å²) in [7, 11) is 0. The highest BCUT2D eigenvalue weighted by molar-refractivity contribution is 6.03. The first-order valence-electron chi connectivity index (χ1n) is 10.0. The Balaban J connectivity index is 1.98.